The molecule has 0 radical (unpaired) electrons. The summed E-state index contributed by atoms with van der Waals surface area (Å²) in [5.41, 5.74) is -1.19. The number of nitrogens with zero attached hydrogens (tertiary/aromatic N) is 1. The summed E-state index contributed by atoms with van der Waals surface area (Å²) in [7, 11) is 1.47. The smallest absolute Gasteiger partial charge is 0.324 e. The van der Waals surface area contributed by atoms with E-state index in [0.29, 0.717) is 17.7 Å². The first-order chi connectivity index (χ1) is 14.2. The number of ether oxygens (including phenoxy) is 1. The topological polar surface area (TPSA) is 116 Å². The Morgan fingerprint density at radius 3 is 2.53 bits per heavy atom. The molecule has 0 aliphatic carbocycles. The molecule has 2 fully saturated rings. The predicted molar refractivity (Wildman–Crippen MR) is 109 cm³/mol. The average Bonchev–Trinajstić information content (AvgIpc) is 3.14. The van der Waals surface area contributed by atoms with Crippen molar-refractivity contribution in [2.45, 2.75) is 51.6 Å². The lowest BCUT2D eigenvalue weighted by Crippen LogP contribution is -2.56. The van der Waals surface area contributed by atoms with Gasteiger partial charge in [-0.15, -0.1) is 0 Å². The molecule has 2 heterocycles. The standard InChI is InChI=1S/C22H30N2O6/c1-5-6-9-24-19(26)16-17(20(24)27)22(21(28)29,11-12(2)3)23-18(16)14-8-7-13(30-4)10-15(14)25/h7-8,10,12,16-18,23,25H,5-6,9,11H2,1-4H3,(H,28,29)/t16-,17+,18-,22+/m0/s1. The number of nitrogens with one attached hydrogen (secondary N) is 1. The second kappa shape index (κ2) is 8.26. The molecule has 0 unspecified atom stereocenters. The number of rotatable bonds is 8. The van der Waals surface area contributed by atoms with Gasteiger partial charge in [0.15, 0.2) is 0 Å². The Bertz CT molecular complexity index is 854. The Morgan fingerprint density at radius 2 is 2.00 bits per heavy atom. The molecule has 2 amide bonds. The number of fused-ring (bicyclic) bond motifs is 1. The maximum absolute atomic E-state index is 13.3. The van der Waals surface area contributed by atoms with Crippen molar-refractivity contribution in [3.63, 3.8) is 0 Å². The van der Waals surface area contributed by atoms with Gasteiger partial charge in [0.25, 0.3) is 0 Å². The fraction of sp³-hybridized carbons (Fsp3) is 0.591. The van der Waals surface area contributed by atoms with E-state index in [-0.39, 0.29) is 30.5 Å². The molecule has 0 aromatic heterocycles. The van der Waals surface area contributed by atoms with Crippen molar-refractivity contribution in [3.8, 4) is 11.5 Å². The van der Waals surface area contributed by atoms with Gasteiger partial charge >= 0.3 is 5.97 Å². The van der Waals surface area contributed by atoms with E-state index in [2.05, 4.69) is 5.32 Å². The number of unbranched alkanes of at least 4 members (excludes halogenated alkanes) is 1. The quantitative estimate of drug-likeness (QED) is 0.555. The number of hydrogen-bond acceptors (Lipinski definition) is 6. The number of methoxy groups -OCH3 is 1. The van der Waals surface area contributed by atoms with Crippen molar-refractivity contribution in [2.24, 2.45) is 17.8 Å². The second-order valence-corrected chi connectivity index (χ2v) is 8.61. The van der Waals surface area contributed by atoms with E-state index >= 15 is 0 Å². The third-order valence-electron chi connectivity index (χ3n) is 6.17. The van der Waals surface area contributed by atoms with Crippen LogP contribution in [0.4, 0.5) is 0 Å². The monoisotopic (exact) mass is 418 g/mol. The Labute approximate surface area is 176 Å². The number of carboxylic acid groups (broad SMARTS) is 1. The highest BCUT2D eigenvalue weighted by molar-refractivity contribution is 6.09. The number of carbonyl (C=O) groups is 3. The van der Waals surface area contributed by atoms with Crippen LogP contribution in [0.5, 0.6) is 11.5 Å². The average molecular weight is 418 g/mol. The third-order valence-corrected chi connectivity index (χ3v) is 6.17. The Morgan fingerprint density at radius 1 is 1.30 bits per heavy atom. The maximum atomic E-state index is 13.3. The summed E-state index contributed by atoms with van der Waals surface area (Å²) < 4.78 is 5.13. The van der Waals surface area contributed by atoms with Crippen LogP contribution in [0, 0.1) is 17.8 Å². The lowest BCUT2D eigenvalue weighted by atomic mass is 9.75. The minimum Gasteiger partial charge on any atom is -0.507 e. The number of hydrogen-bond donors (Lipinski definition) is 3. The molecule has 30 heavy (non-hydrogen) atoms. The number of amides is 2. The summed E-state index contributed by atoms with van der Waals surface area (Å²) in [5.74, 6) is -3.57. The normalized spacial score (nSPS) is 28.3. The van der Waals surface area contributed by atoms with Crippen LogP contribution in [-0.2, 0) is 14.4 Å². The number of benzene rings is 1. The van der Waals surface area contributed by atoms with Gasteiger partial charge in [0, 0.05) is 24.2 Å². The van der Waals surface area contributed by atoms with Crippen molar-refractivity contribution in [1.29, 1.82) is 0 Å². The molecule has 2 saturated heterocycles. The highest BCUT2D eigenvalue weighted by atomic mass is 16.5. The van der Waals surface area contributed by atoms with E-state index in [4.69, 9.17) is 4.74 Å². The summed E-state index contributed by atoms with van der Waals surface area (Å²) in [6, 6.07) is 3.89. The minimum absolute atomic E-state index is 0.0231. The van der Waals surface area contributed by atoms with Crippen molar-refractivity contribution >= 4 is 17.8 Å². The van der Waals surface area contributed by atoms with Gasteiger partial charge in [-0.25, -0.2) is 0 Å². The van der Waals surface area contributed by atoms with Crippen molar-refractivity contribution < 1.29 is 29.3 Å². The number of aliphatic carboxylic acids is 1. The van der Waals surface area contributed by atoms with Crippen LogP contribution in [0.3, 0.4) is 0 Å². The first-order valence-electron chi connectivity index (χ1n) is 10.4. The van der Waals surface area contributed by atoms with E-state index < -0.39 is 35.3 Å². The largest absolute Gasteiger partial charge is 0.507 e. The van der Waals surface area contributed by atoms with Crippen LogP contribution >= 0.6 is 0 Å². The third kappa shape index (κ3) is 3.43. The highest BCUT2D eigenvalue weighted by Gasteiger charge is 2.68. The molecular formula is C22H30N2O6. The maximum Gasteiger partial charge on any atom is 0.324 e. The molecule has 0 bridgehead atoms. The van der Waals surface area contributed by atoms with E-state index in [9.17, 15) is 24.6 Å². The van der Waals surface area contributed by atoms with Gasteiger partial charge < -0.3 is 14.9 Å². The van der Waals surface area contributed by atoms with E-state index in [0.717, 1.165) is 6.42 Å². The van der Waals surface area contributed by atoms with Gasteiger partial charge in [-0.1, -0.05) is 33.3 Å². The molecule has 8 nitrogen and oxygen atoms in total. The van der Waals surface area contributed by atoms with Crippen LogP contribution < -0.4 is 10.1 Å². The number of phenolic OH excluding ortho intramolecular Hbond substituents is 1. The zero-order valence-electron chi connectivity index (χ0n) is 17.8. The Kier molecular flexibility index (Phi) is 6.08. The molecule has 0 saturated carbocycles. The number of imide groups is 1. The summed E-state index contributed by atoms with van der Waals surface area (Å²) in [6.45, 7) is 6.01. The minimum atomic E-state index is -1.58. The van der Waals surface area contributed by atoms with Gasteiger partial charge in [-0.2, -0.15) is 0 Å². The van der Waals surface area contributed by atoms with Crippen molar-refractivity contribution in [1.82, 2.24) is 10.2 Å². The molecule has 164 valence electrons. The van der Waals surface area contributed by atoms with Crippen LogP contribution in [0.25, 0.3) is 0 Å². The van der Waals surface area contributed by atoms with E-state index in [1.54, 1.807) is 12.1 Å². The molecule has 8 heteroatoms. The Balaban J connectivity index is 2.12. The number of likely N-dealkylation sites (tertiary alicyclic amines) is 1. The highest BCUT2D eigenvalue weighted by Crippen LogP contribution is 2.52. The zero-order chi connectivity index (χ0) is 22.2. The number of aromatic hydroxyl groups is 1. The van der Waals surface area contributed by atoms with Crippen LogP contribution in [0.2, 0.25) is 0 Å². The van der Waals surface area contributed by atoms with Crippen molar-refractivity contribution in [3.05, 3.63) is 23.8 Å². The van der Waals surface area contributed by atoms with E-state index in [1.165, 1.54) is 18.1 Å². The van der Waals surface area contributed by atoms with Crippen molar-refractivity contribution in [2.75, 3.05) is 13.7 Å². The fourth-order valence-corrected chi connectivity index (χ4v) is 4.90. The first kappa shape index (κ1) is 22.1. The molecule has 0 spiro atoms. The van der Waals surface area contributed by atoms with Crippen LogP contribution in [0.1, 0.15) is 51.6 Å². The number of carboxylic acids is 1. The SMILES string of the molecule is CCCCN1C(=O)[C@@H]2[C@H](c3ccc(OC)cc3O)N[C@@](CC(C)C)(C(=O)O)[C@H]2C1=O. The first-order valence-corrected chi connectivity index (χ1v) is 10.4. The zero-order valence-corrected chi connectivity index (χ0v) is 17.8. The summed E-state index contributed by atoms with van der Waals surface area (Å²) in [6.07, 6.45) is 1.66. The molecule has 3 N–H and O–H groups in total. The summed E-state index contributed by atoms with van der Waals surface area (Å²) in [4.78, 5) is 40.3. The van der Waals surface area contributed by atoms with Gasteiger partial charge in [0.05, 0.1) is 18.9 Å². The van der Waals surface area contributed by atoms with Crippen LogP contribution in [-0.4, -0.2) is 52.1 Å². The van der Waals surface area contributed by atoms with Gasteiger partial charge in [0.2, 0.25) is 11.8 Å². The van der Waals surface area contributed by atoms with E-state index in [1.807, 2.05) is 20.8 Å². The molecule has 3 rings (SSSR count). The molecule has 4 atom stereocenters. The Hall–Kier alpha value is -2.61. The predicted octanol–water partition coefficient (Wildman–Crippen LogP) is 2.32. The molecular weight excluding hydrogens is 388 g/mol. The second-order valence-electron chi connectivity index (χ2n) is 8.61. The van der Waals surface area contributed by atoms with Crippen LogP contribution in [0.15, 0.2) is 18.2 Å². The number of phenols is 1. The molecule has 1 aromatic carbocycles. The van der Waals surface area contributed by atoms with Gasteiger partial charge in [0.1, 0.15) is 17.0 Å². The summed E-state index contributed by atoms with van der Waals surface area (Å²) in [5, 5.41) is 23.9. The lowest BCUT2D eigenvalue weighted by Gasteiger charge is -2.32. The summed E-state index contributed by atoms with van der Waals surface area (Å²) >= 11 is 0. The molecule has 2 aliphatic heterocycles. The lowest BCUT2D eigenvalue weighted by molar-refractivity contribution is -0.152. The number of carbonyl (C=O) groups excluding carboxylic acids is 2. The van der Waals surface area contributed by atoms with Gasteiger partial charge in [-0.3, -0.25) is 24.6 Å². The van der Waals surface area contributed by atoms with Gasteiger partial charge in [-0.05, 0) is 24.8 Å². The fourth-order valence-electron chi connectivity index (χ4n) is 4.90. The molecule has 2 aliphatic rings. The molecule has 1 aromatic rings.